The molecule has 0 bridgehead atoms. The molecule has 0 saturated carbocycles. The molecule has 0 atom stereocenters. The number of aliphatic carboxylic acids is 1. The Labute approximate surface area is 107 Å². The van der Waals surface area contributed by atoms with Crippen LogP contribution in [0, 0.1) is 0 Å². The first kappa shape index (κ1) is 13.5. The smallest absolute Gasteiger partial charge is 0.417 e. The maximum absolute atomic E-state index is 12.9. The summed E-state index contributed by atoms with van der Waals surface area (Å²) in [5, 5.41) is 8.74. The third kappa shape index (κ3) is 2.57. The predicted octanol–water partition coefficient (Wildman–Crippen LogP) is 3.21. The molecule has 3 nitrogen and oxygen atoms in total. The van der Waals surface area contributed by atoms with Crippen LogP contribution in [0.5, 0.6) is 0 Å². The Hall–Kier alpha value is -1.98. The molecule has 0 fully saturated rings. The second-order valence-electron chi connectivity index (χ2n) is 4.32. The highest BCUT2D eigenvalue weighted by Crippen LogP contribution is 2.35. The van der Waals surface area contributed by atoms with Crippen LogP contribution in [0.4, 0.5) is 13.2 Å². The van der Waals surface area contributed by atoms with Gasteiger partial charge in [-0.25, -0.2) is 0 Å². The third-order valence-corrected chi connectivity index (χ3v) is 3.09. The highest BCUT2D eigenvalue weighted by atomic mass is 19.4. The summed E-state index contributed by atoms with van der Waals surface area (Å²) in [5.74, 6) is -0.971. The summed E-state index contributed by atoms with van der Waals surface area (Å²) < 4.78 is 40.2. The summed E-state index contributed by atoms with van der Waals surface area (Å²) in [6, 6.07) is 5.39. The second kappa shape index (κ2) is 4.60. The molecule has 1 aromatic carbocycles. The molecular formula is C13H12F3NO2. The number of aryl methyl sites for hydroxylation is 2. The average molecular weight is 271 g/mol. The van der Waals surface area contributed by atoms with E-state index >= 15 is 0 Å². The lowest BCUT2D eigenvalue weighted by Crippen LogP contribution is -2.05. The van der Waals surface area contributed by atoms with Crippen molar-refractivity contribution < 1.29 is 23.1 Å². The minimum absolute atomic E-state index is 0.106. The molecule has 6 heteroatoms. The molecule has 1 aromatic heterocycles. The van der Waals surface area contributed by atoms with Gasteiger partial charge in [0.15, 0.2) is 0 Å². The number of halogens is 3. The molecule has 0 radical (unpaired) electrons. The van der Waals surface area contributed by atoms with Crippen LogP contribution >= 0.6 is 0 Å². The van der Waals surface area contributed by atoms with Crippen LogP contribution in [-0.2, 0) is 24.4 Å². The molecule has 0 unspecified atom stereocenters. The Balaban J connectivity index is 2.53. The predicted molar refractivity (Wildman–Crippen MR) is 63.9 cm³/mol. The van der Waals surface area contributed by atoms with Gasteiger partial charge in [-0.05, 0) is 24.6 Å². The Kier molecular flexibility index (Phi) is 3.26. The molecule has 0 aliphatic heterocycles. The number of alkyl halides is 3. The van der Waals surface area contributed by atoms with Gasteiger partial charge in [0.1, 0.15) is 0 Å². The Morgan fingerprint density at radius 3 is 2.63 bits per heavy atom. The Morgan fingerprint density at radius 2 is 2.05 bits per heavy atom. The van der Waals surface area contributed by atoms with Gasteiger partial charge in [0.2, 0.25) is 0 Å². The lowest BCUT2D eigenvalue weighted by Gasteiger charge is -2.08. The number of nitrogens with zero attached hydrogens (tertiary/aromatic N) is 1. The van der Waals surface area contributed by atoms with Gasteiger partial charge in [0.25, 0.3) is 0 Å². The first-order valence-corrected chi connectivity index (χ1v) is 5.67. The van der Waals surface area contributed by atoms with E-state index in [1.54, 1.807) is 17.7 Å². The number of rotatable bonds is 3. The molecule has 0 spiro atoms. The zero-order valence-corrected chi connectivity index (χ0v) is 10.2. The monoisotopic (exact) mass is 271 g/mol. The molecular weight excluding hydrogens is 259 g/mol. The quantitative estimate of drug-likeness (QED) is 0.931. The fourth-order valence-corrected chi connectivity index (χ4v) is 2.14. The van der Waals surface area contributed by atoms with Crippen molar-refractivity contribution in [2.45, 2.75) is 19.0 Å². The third-order valence-electron chi connectivity index (χ3n) is 3.09. The van der Waals surface area contributed by atoms with Gasteiger partial charge in [0.05, 0.1) is 12.0 Å². The molecule has 0 saturated heterocycles. The molecule has 0 aliphatic carbocycles. The summed E-state index contributed by atoms with van der Waals surface area (Å²) in [5.41, 5.74) is 0.339. The number of benzene rings is 1. The van der Waals surface area contributed by atoms with E-state index in [4.69, 9.17) is 5.11 Å². The van der Waals surface area contributed by atoms with Crippen LogP contribution in [0.25, 0.3) is 10.9 Å². The zero-order valence-electron chi connectivity index (χ0n) is 10.2. The van der Waals surface area contributed by atoms with Crippen LogP contribution in [0.1, 0.15) is 17.7 Å². The normalized spacial score (nSPS) is 12.0. The number of carboxylic acids is 1. The van der Waals surface area contributed by atoms with E-state index < -0.39 is 17.7 Å². The summed E-state index contributed by atoms with van der Waals surface area (Å²) in [7, 11) is 1.64. The molecule has 19 heavy (non-hydrogen) atoms. The van der Waals surface area contributed by atoms with Crippen molar-refractivity contribution in [2.24, 2.45) is 7.05 Å². The number of fused-ring (bicyclic) bond motifs is 1. The molecule has 0 amide bonds. The standard InChI is InChI=1S/C13H12F3NO2/c1-17-8(5-6-12(18)19)7-9-10(13(14,15)16)3-2-4-11(9)17/h2-4,7H,5-6H2,1H3,(H,18,19). The fraction of sp³-hybridized carbons (Fsp3) is 0.308. The van der Waals surface area contributed by atoms with Gasteiger partial charge in [-0.2, -0.15) is 13.2 Å². The maximum atomic E-state index is 12.9. The first-order valence-electron chi connectivity index (χ1n) is 5.67. The van der Waals surface area contributed by atoms with Crippen LogP contribution in [0.3, 0.4) is 0 Å². The van der Waals surface area contributed by atoms with Gasteiger partial charge in [0, 0.05) is 23.6 Å². The van der Waals surface area contributed by atoms with Gasteiger partial charge in [-0.15, -0.1) is 0 Å². The number of hydrogen-bond acceptors (Lipinski definition) is 1. The molecule has 0 aliphatic rings. The van der Waals surface area contributed by atoms with E-state index in [2.05, 4.69) is 0 Å². The average Bonchev–Trinajstić information content (AvgIpc) is 2.62. The van der Waals surface area contributed by atoms with Crippen LogP contribution in [0.15, 0.2) is 24.3 Å². The lowest BCUT2D eigenvalue weighted by atomic mass is 10.1. The fourth-order valence-electron chi connectivity index (χ4n) is 2.14. The van der Waals surface area contributed by atoms with Crippen molar-refractivity contribution in [1.82, 2.24) is 4.57 Å². The van der Waals surface area contributed by atoms with Crippen molar-refractivity contribution in [3.05, 3.63) is 35.5 Å². The van der Waals surface area contributed by atoms with E-state index in [1.807, 2.05) is 0 Å². The van der Waals surface area contributed by atoms with E-state index in [0.717, 1.165) is 6.07 Å². The molecule has 1 N–H and O–H groups in total. The number of carboxylic acid groups (broad SMARTS) is 1. The summed E-state index contributed by atoms with van der Waals surface area (Å²) >= 11 is 0. The van der Waals surface area contributed by atoms with E-state index in [-0.39, 0.29) is 18.2 Å². The lowest BCUT2D eigenvalue weighted by molar-refractivity contribution is -0.137. The SMILES string of the molecule is Cn1c(CCC(=O)O)cc2c(C(F)(F)F)cccc21. The number of carbonyl (C=O) groups is 1. The first-order chi connectivity index (χ1) is 8.80. The van der Waals surface area contributed by atoms with Crippen molar-refractivity contribution in [1.29, 1.82) is 0 Å². The van der Waals surface area contributed by atoms with Gasteiger partial charge >= 0.3 is 12.1 Å². The topological polar surface area (TPSA) is 42.2 Å². The number of hydrogen-bond donors (Lipinski definition) is 1. The molecule has 2 rings (SSSR count). The summed E-state index contributed by atoms with van der Waals surface area (Å²) in [4.78, 5) is 10.5. The Bertz CT molecular complexity index is 629. The Morgan fingerprint density at radius 1 is 1.37 bits per heavy atom. The molecule has 2 aromatic rings. The maximum Gasteiger partial charge on any atom is 0.417 e. The van der Waals surface area contributed by atoms with Crippen LogP contribution < -0.4 is 0 Å². The summed E-state index contributed by atoms with van der Waals surface area (Å²) in [6.45, 7) is 0. The second-order valence-corrected chi connectivity index (χ2v) is 4.32. The van der Waals surface area contributed by atoms with Crippen LogP contribution in [0.2, 0.25) is 0 Å². The van der Waals surface area contributed by atoms with Crippen molar-refractivity contribution in [2.75, 3.05) is 0 Å². The van der Waals surface area contributed by atoms with E-state index in [1.165, 1.54) is 12.1 Å². The molecule has 102 valence electrons. The largest absolute Gasteiger partial charge is 0.481 e. The minimum Gasteiger partial charge on any atom is -0.481 e. The minimum atomic E-state index is -4.41. The zero-order chi connectivity index (χ0) is 14.2. The summed E-state index contributed by atoms with van der Waals surface area (Å²) in [6.07, 6.45) is -4.31. The van der Waals surface area contributed by atoms with E-state index in [0.29, 0.717) is 11.2 Å². The van der Waals surface area contributed by atoms with Gasteiger partial charge < -0.3 is 9.67 Å². The van der Waals surface area contributed by atoms with E-state index in [9.17, 15) is 18.0 Å². The van der Waals surface area contributed by atoms with Crippen LogP contribution in [-0.4, -0.2) is 15.6 Å². The number of aromatic nitrogens is 1. The van der Waals surface area contributed by atoms with Crippen molar-refractivity contribution >= 4 is 16.9 Å². The van der Waals surface area contributed by atoms with Crippen molar-refractivity contribution in [3.63, 3.8) is 0 Å². The highest BCUT2D eigenvalue weighted by Gasteiger charge is 2.33. The molecule has 1 heterocycles. The van der Waals surface area contributed by atoms with Gasteiger partial charge in [-0.1, -0.05) is 6.07 Å². The highest BCUT2D eigenvalue weighted by molar-refractivity contribution is 5.85. The van der Waals surface area contributed by atoms with Crippen molar-refractivity contribution in [3.8, 4) is 0 Å². The van der Waals surface area contributed by atoms with Gasteiger partial charge in [-0.3, -0.25) is 4.79 Å².